The average Bonchev–Trinajstić information content (AvgIpc) is 2.66. The lowest BCUT2D eigenvalue weighted by molar-refractivity contribution is 0.102. The molecule has 0 atom stereocenters. The minimum Gasteiger partial charge on any atom is -0.321 e. The molecule has 2 rings (SSSR count). The van der Waals surface area contributed by atoms with Crippen molar-refractivity contribution < 1.29 is 4.79 Å². The summed E-state index contributed by atoms with van der Waals surface area (Å²) < 4.78 is 1.48. The molecule has 5 nitrogen and oxygen atoms in total. The zero-order chi connectivity index (χ0) is 10.7. The lowest BCUT2D eigenvalue weighted by Gasteiger charge is -2.00. The van der Waals surface area contributed by atoms with Crippen LogP contribution in [-0.2, 0) is 7.05 Å². The van der Waals surface area contributed by atoms with Crippen LogP contribution in [0, 0.1) is 6.07 Å². The second kappa shape index (κ2) is 3.91. The Balaban J connectivity index is 2.11. The van der Waals surface area contributed by atoms with Crippen LogP contribution in [-0.4, -0.2) is 20.9 Å². The first kappa shape index (κ1) is 9.39. The third kappa shape index (κ3) is 2.19. The number of aromatic nitrogens is 3. The number of rotatable bonds is 2. The summed E-state index contributed by atoms with van der Waals surface area (Å²) in [4.78, 5) is 11.6. The van der Waals surface area contributed by atoms with E-state index in [4.69, 9.17) is 0 Å². The van der Waals surface area contributed by atoms with Crippen LogP contribution in [0.1, 0.15) is 10.5 Å². The van der Waals surface area contributed by atoms with E-state index in [1.807, 2.05) is 0 Å². The number of aryl methyl sites for hydroxylation is 1. The monoisotopic (exact) mass is 201 g/mol. The normalized spacial score (nSPS) is 9.93. The highest BCUT2D eigenvalue weighted by Crippen LogP contribution is 2.06. The van der Waals surface area contributed by atoms with E-state index in [1.54, 1.807) is 37.5 Å². The van der Waals surface area contributed by atoms with Gasteiger partial charge in [-0.25, -0.2) is 0 Å². The molecule has 5 heteroatoms. The van der Waals surface area contributed by atoms with Crippen LogP contribution in [0.4, 0.5) is 5.69 Å². The molecule has 1 radical (unpaired) electrons. The van der Waals surface area contributed by atoms with Crippen LogP contribution < -0.4 is 5.32 Å². The third-order valence-corrected chi connectivity index (χ3v) is 1.80. The summed E-state index contributed by atoms with van der Waals surface area (Å²) in [5.74, 6) is -0.275. The van der Waals surface area contributed by atoms with Crippen molar-refractivity contribution in [3.05, 3.63) is 42.2 Å². The van der Waals surface area contributed by atoms with E-state index in [0.717, 1.165) is 0 Å². The molecule has 1 aromatic heterocycles. The summed E-state index contributed by atoms with van der Waals surface area (Å²) in [6, 6.07) is 9.90. The molecule has 0 aliphatic heterocycles. The van der Waals surface area contributed by atoms with E-state index in [-0.39, 0.29) is 5.91 Å². The van der Waals surface area contributed by atoms with Gasteiger partial charge >= 0.3 is 0 Å². The molecular weight excluding hydrogens is 192 g/mol. The quantitative estimate of drug-likeness (QED) is 0.784. The maximum Gasteiger partial charge on any atom is 0.277 e. The lowest BCUT2D eigenvalue weighted by Crippen LogP contribution is -2.12. The Labute approximate surface area is 86.7 Å². The first-order chi connectivity index (χ1) is 7.25. The van der Waals surface area contributed by atoms with Gasteiger partial charge in [0.05, 0.1) is 6.20 Å². The van der Waals surface area contributed by atoms with Gasteiger partial charge in [0, 0.05) is 12.7 Å². The zero-order valence-corrected chi connectivity index (χ0v) is 8.14. The summed E-state index contributed by atoms with van der Waals surface area (Å²) in [5, 5.41) is 10.1. The number of anilines is 1. The second-order valence-electron chi connectivity index (χ2n) is 3.02. The summed E-state index contributed by atoms with van der Waals surface area (Å²) in [5.41, 5.74) is 0.981. The highest BCUT2D eigenvalue weighted by Gasteiger charge is 2.09. The van der Waals surface area contributed by atoms with Crippen LogP contribution in [0.2, 0.25) is 0 Å². The van der Waals surface area contributed by atoms with Gasteiger partial charge in [-0.05, 0) is 18.2 Å². The largest absolute Gasteiger partial charge is 0.321 e. The van der Waals surface area contributed by atoms with Crippen LogP contribution in [0.15, 0.2) is 30.5 Å². The highest BCUT2D eigenvalue weighted by atomic mass is 16.2. The number of amides is 1. The number of carbonyl (C=O) groups excluding carboxylic acids is 1. The Morgan fingerprint density at radius 2 is 2.47 bits per heavy atom. The lowest BCUT2D eigenvalue weighted by atomic mass is 10.3. The number of nitrogens with one attached hydrogen (secondary N) is 1. The standard InChI is InChI=1S/C10H9N4O/c1-14-7-9(12-13-14)10(15)11-8-5-3-2-4-6-8/h2-3,5-7H,1H3,(H,11,15). The SMILES string of the molecule is Cn1cc(C(=O)Nc2c[c]ccc2)nn1. The smallest absolute Gasteiger partial charge is 0.277 e. The fourth-order valence-corrected chi connectivity index (χ4v) is 1.12. The summed E-state index contributed by atoms with van der Waals surface area (Å²) in [6.07, 6.45) is 1.56. The number of benzene rings is 1. The molecule has 0 aliphatic carbocycles. The van der Waals surface area contributed by atoms with E-state index in [1.165, 1.54) is 4.68 Å². The van der Waals surface area contributed by atoms with Gasteiger partial charge in [0.2, 0.25) is 0 Å². The van der Waals surface area contributed by atoms with E-state index in [9.17, 15) is 4.79 Å². The van der Waals surface area contributed by atoms with Gasteiger partial charge in [0.15, 0.2) is 5.69 Å². The first-order valence-electron chi connectivity index (χ1n) is 4.39. The number of nitrogens with zero attached hydrogens (tertiary/aromatic N) is 3. The van der Waals surface area contributed by atoms with Crippen molar-refractivity contribution >= 4 is 11.6 Å². The van der Waals surface area contributed by atoms with E-state index < -0.39 is 0 Å². The molecule has 75 valence electrons. The second-order valence-corrected chi connectivity index (χ2v) is 3.02. The van der Waals surface area contributed by atoms with Crippen LogP contribution >= 0.6 is 0 Å². The number of hydrogen-bond acceptors (Lipinski definition) is 3. The number of carbonyl (C=O) groups is 1. The van der Waals surface area contributed by atoms with E-state index >= 15 is 0 Å². The Morgan fingerprint density at radius 1 is 1.60 bits per heavy atom. The maximum absolute atomic E-state index is 11.6. The Morgan fingerprint density at radius 3 is 3.07 bits per heavy atom. The molecule has 0 saturated heterocycles. The van der Waals surface area contributed by atoms with Crippen molar-refractivity contribution in [1.82, 2.24) is 15.0 Å². The van der Waals surface area contributed by atoms with Gasteiger partial charge < -0.3 is 5.32 Å². The molecule has 0 fully saturated rings. The fourth-order valence-electron chi connectivity index (χ4n) is 1.12. The van der Waals surface area contributed by atoms with Crippen molar-refractivity contribution in [2.45, 2.75) is 0 Å². The van der Waals surface area contributed by atoms with Gasteiger partial charge in [-0.3, -0.25) is 9.48 Å². The van der Waals surface area contributed by atoms with E-state index in [0.29, 0.717) is 11.4 Å². The molecule has 2 aromatic rings. The first-order valence-corrected chi connectivity index (χ1v) is 4.39. The molecule has 0 spiro atoms. The van der Waals surface area contributed by atoms with Gasteiger partial charge in [0.1, 0.15) is 0 Å². The van der Waals surface area contributed by atoms with Crippen molar-refractivity contribution in [2.75, 3.05) is 5.32 Å². The molecule has 0 unspecified atom stereocenters. The van der Waals surface area contributed by atoms with Gasteiger partial charge in [-0.1, -0.05) is 17.3 Å². The van der Waals surface area contributed by atoms with Crippen molar-refractivity contribution in [2.24, 2.45) is 7.05 Å². The minimum absolute atomic E-state index is 0.275. The maximum atomic E-state index is 11.6. The predicted molar refractivity (Wildman–Crippen MR) is 54.2 cm³/mol. The fraction of sp³-hybridized carbons (Fsp3) is 0.100. The number of hydrogen-bond donors (Lipinski definition) is 1. The molecule has 1 N–H and O–H groups in total. The van der Waals surface area contributed by atoms with Gasteiger partial charge in [-0.2, -0.15) is 0 Å². The van der Waals surface area contributed by atoms with E-state index in [2.05, 4.69) is 21.7 Å². The van der Waals surface area contributed by atoms with Crippen LogP contribution in [0.25, 0.3) is 0 Å². The average molecular weight is 201 g/mol. The Kier molecular flexibility index (Phi) is 2.45. The summed E-state index contributed by atoms with van der Waals surface area (Å²) >= 11 is 0. The van der Waals surface area contributed by atoms with Gasteiger partial charge in [-0.15, -0.1) is 5.10 Å². The topological polar surface area (TPSA) is 59.8 Å². The molecule has 15 heavy (non-hydrogen) atoms. The van der Waals surface area contributed by atoms with Crippen LogP contribution in [0.5, 0.6) is 0 Å². The van der Waals surface area contributed by atoms with Gasteiger partial charge in [0.25, 0.3) is 5.91 Å². The molecule has 0 saturated carbocycles. The van der Waals surface area contributed by atoms with Crippen molar-refractivity contribution in [3.63, 3.8) is 0 Å². The zero-order valence-electron chi connectivity index (χ0n) is 8.14. The predicted octanol–water partition coefficient (Wildman–Crippen LogP) is 0.868. The highest BCUT2D eigenvalue weighted by molar-refractivity contribution is 6.02. The summed E-state index contributed by atoms with van der Waals surface area (Å²) in [7, 11) is 1.71. The molecule has 1 amide bonds. The minimum atomic E-state index is -0.275. The van der Waals surface area contributed by atoms with Crippen molar-refractivity contribution in [3.8, 4) is 0 Å². The molecular formula is C10H9N4O. The molecule has 1 heterocycles. The van der Waals surface area contributed by atoms with Crippen molar-refractivity contribution in [1.29, 1.82) is 0 Å². The molecule has 0 aliphatic rings. The molecule has 1 aromatic carbocycles. The third-order valence-electron chi connectivity index (χ3n) is 1.80. The summed E-state index contributed by atoms with van der Waals surface area (Å²) in [6.45, 7) is 0. The molecule has 0 bridgehead atoms. The Hall–Kier alpha value is -2.17. The Bertz CT molecular complexity index is 463. The van der Waals surface area contributed by atoms with Crippen LogP contribution in [0.3, 0.4) is 0 Å².